The summed E-state index contributed by atoms with van der Waals surface area (Å²) in [5, 5.41) is 3.55. The topological polar surface area (TPSA) is 71.5 Å². The summed E-state index contributed by atoms with van der Waals surface area (Å²) in [4.78, 5) is 33.4. The number of pyridine rings is 1. The zero-order valence-electron chi connectivity index (χ0n) is 20.0. The largest absolute Gasteiger partial charge is 0.497 e. The monoisotopic (exact) mass is 491 g/mol. The van der Waals surface area contributed by atoms with Crippen LogP contribution in [0.5, 0.6) is 5.75 Å². The van der Waals surface area contributed by atoms with Gasteiger partial charge >= 0.3 is 0 Å². The fourth-order valence-electron chi connectivity index (χ4n) is 4.08. The molecule has 1 aliphatic rings. The molecule has 2 aromatic carbocycles. The number of hydrogen-bond acceptors (Lipinski definition) is 4. The number of aryl methyl sites for hydroxylation is 2. The highest BCUT2D eigenvalue weighted by Crippen LogP contribution is 2.35. The van der Waals surface area contributed by atoms with Crippen molar-refractivity contribution in [3.05, 3.63) is 94.3 Å². The van der Waals surface area contributed by atoms with Gasteiger partial charge in [0.05, 0.1) is 23.5 Å². The molecular formula is C28H30ClN3O3. The molecule has 0 aliphatic heterocycles. The standard InChI is InChI=1S/C28H30ClN3O3/c1-19-24(29)15-16-25(31-19)27(28(34)30-18-21-6-4-3-5-7-21)32(22-11-12-22)26(33)17-10-20-8-13-23(35-2)14-9-20/h3-9,13-16,22,27H,10-12,17-18H2,1-2H3,(H,30,34). The van der Waals surface area contributed by atoms with Crippen LogP contribution >= 0.6 is 11.6 Å². The number of aromatic nitrogens is 1. The van der Waals surface area contributed by atoms with Crippen LogP contribution in [0.4, 0.5) is 0 Å². The smallest absolute Gasteiger partial charge is 0.249 e. The highest BCUT2D eigenvalue weighted by atomic mass is 35.5. The molecule has 1 unspecified atom stereocenters. The van der Waals surface area contributed by atoms with Gasteiger partial charge in [0.25, 0.3) is 0 Å². The number of rotatable bonds is 10. The Kier molecular flexibility index (Phi) is 8.03. The Bertz CT molecular complexity index is 1160. The molecule has 182 valence electrons. The lowest BCUT2D eigenvalue weighted by atomic mass is 10.1. The van der Waals surface area contributed by atoms with Gasteiger partial charge in [0.1, 0.15) is 5.75 Å². The molecule has 0 spiro atoms. The van der Waals surface area contributed by atoms with Crippen molar-refractivity contribution in [2.24, 2.45) is 0 Å². The molecule has 4 rings (SSSR count). The average Bonchev–Trinajstić information content (AvgIpc) is 3.72. The molecule has 1 saturated carbocycles. The number of amides is 2. The molecule has 35 heavy (non-hydrogen) atoms. The second-order valence-corrected chi connectivity index (χ2v) is 9.20. The zero-order chi connectivity index (χ0) is 24.8. The van der Waals surface area contributed by atoms with E-state index in [9.17, 15) is 9.59 Å². The van der Waals surface area contributed by atoms with Gasteiger partial charge in [0, 0.05) is 19.0 Å². The summed E-state index contributed by atoms with van der Waals surface area (Å²) in [6, 6.07) is 20.1. The first kappa shape index (κ1) is 24.7. The van der Waals surface area contributed by atoms with Crippen LogP contribution < -0.4 is 10.1 Å². The van der Waals surface area contributed by atoms with Gasteiger partial charge in [-0.1, -0.05) is 54.1 Å². The number of nitrogens with one attached hydrogen (secondary N) is 1. The van der Waals surface area contributed by atoms with Gasteiger partial charge < -0.3 is 15.0 Å². The Morgan fingerprint density at radius 3 is 2.40 bits per heavy atom. The second kappa shape index (κ2) is 11.4. The summed E-state index contributed by atoms with van der Waals surface area (Å²) in [5.41, 5.74) is 3.19. The minimum absolute atomic E-state index is 0.0311. The van der Waals surface area contributed by atoms with E-state index in [4.69, 9.17) is 16.3 Å². The third kappa shape index (κ3) is 6.40. The van der Waals surface area contributed by atoms with E-state index in [0.29, 0.717) is 35.8 Å². The molecule has 1 heterocycles. The fraction of sp³-hybridized carbons (Fsp3) is 0.321. The summed E-state index contributed by atoms with van der Waals surface area (Å²) >= 11 is 6.21. The van der Waals surface area contributed by atoms with Gasteiger partial charge in [-0.15, -0.1) is 0 Å². The van der Waals surface area contributed by atoms with Crippen molar-refractivity contribution in [2.75, 3.05) is 7.11 Å². The predicted molar refractivity (Wildman–Crippen MR) is 136 cm³/mol. The van der Waals surface area contributed by atoms with E-state index in [-0.39, 0.29) is 17.9 Å². The molecule has 1 atom stereocenters. The Labute approximate surface area is 211 Å². The van der Waals surface area contributed by atoms with Gasteiger partial charge in [-0.3, -0.25) is 14.6 Å². The first-order chi connectivity index (χ1) is 17.0. The van der Waals surface area contributed by atoms with Crippen molar-refractivity contribution in [1.82, 2.24) is 15.2 Å². The number of halogens is 1. The van der Waals surface area contributed by atoms with Crippen LogP contribution in [-0.4, -0.2) is 34.8 Å². The molecule has 1 fully saturated rings. The first-order valence-electron chi connectivity index (χ1n) is 11.8. The molecule has 6 nitrogen and oxygen atoms in total. The van der Waals surface area contributed by atoms with E-state index in [1.54, 1.807) is 31.1 Å². The quantitative estimate of drug-likeness (QED) is 0.431. The molecular weight excluding hydrogens is 462 g/mol. The third-order valence-electron chi connectivity index (χ3n) is 6.17. The van der Waals surface area contributed by atoms with Gasteiger partial charge in [-0.25, -0.2) is 0 Å². The maximum absolute atomic E-state index is 13.5. The molecule has 3 aromatic rings. The van der Waals surface area contributed by atoms with Crippen LogP contribution in [0.1, 0.15) is 47.8 Å². The molecule has 1 aliphatic carbocycles. The number of carbonyl (C=O) groups excluding carboxylic acids is 2. The van der Waals surface area contributed by atoms with E-state index in [1.165, 1.54) is 0 Å². The second-order valence-electron chi connectivity index (χ2n) is 8.79. The maximum atomic E-state index is 13.5. The Morgan fingerprint density at radius 1 is 1.06 bits per heavy atom. The number of benzene rings is 2. The van der Waals surface area contributed by atoms with Crippen molar-refractivity contribution in [1.29, 1.82) is 0 Å². The summed E-state index contributed by atoms with van der Waals surface area (Å²) < 4.78 is 5.22. The molecule has 1 aromatic heterocycles. The van der Waals surface area contributed by atoms with E-state index in [1.807, 2.05) is 54.6 Å². The van der Waals surface area contributed by atoms with Crippen LogP contribution in [0.2, 0.25) is 5.02 Å². The van der Waals surface area contributed by atoms with Gasteiger partial charge in [-0.2, -0.15) is 0 Å². The first-order valence-corrected chi connectivity index (χ1v) is 12.2. The lowest BCUT2D eigenvalue weighted by Crippen LogP contribution is -2.45. The highest BCUT2D eigenvalue weighted by Gasteiger charge is 2.41. The summed E-state index contributed by atoms with van der Waals surface area (Å²) in [6.45, 7) is 2.18. The lowest BCUT2D eigenvalue weighted by Gasteiger charge is -2.31. The predicted octanol–water partition coefficient (Wildman–Crippen LogP) is 5.03. The van der Waals surface area contributed by atoms with Crippen LogP contribution in [0.25, 0.3) is 0 Å². The Morgan fingerprint density at radius 2 is 1.77 bits per heavy atom. The zero-order valence-corrected chi connectivity index (χ0v) is 20.8. The molecule has 0 bridgehead atoms. The van der Waals surface area contributed by atoms with E-state index in [2.05, 4.69) is 10.3 Å². The summed E-state index contributed by atoms with van der Waals surface area (Å²) in [6.07, 6.45) is 2.64. The van der Waals surface area contributed by atoms with E-state index in [0.717, 1.165) is 29.7 Å². The van der Waals surface area contributed by atoms with Crippen molar-refractivity contribution < 1.29 is 14.3 Å². The number of carbonyl (C=O) groups is 2. The molecule has 0 radical (unpaired) electrons. The number of hydrogen-bond donors (Lipinski definition) is 1. The average molecular weight is 492 g/mol. The number of methoxy groups -OCH3 is 1. The SMILES string of the molecule is COc1ccc(CCC(=O)N(C2CC2)C(C(=O)NCc2ccccc2)c2ccc(Cl)c(C)n2)cc1. The highest BCUT2D eigenvalue weighted by molar-refractivity contribution is 6.31. The fourth-order valence-corrected chi connectivity index (χ4v) is 4.19. The van der Waals surface area contributed by atoms with Crippen LogP contribution in [0, 0.1) is 6.92 Å². The van der Waals surface area contributed by atoms with Gasteiger partial charge in [0.2, 0.25) is 11.8 Å². The molecule has 0 saturated heterocycles. The number of nitrogens with zero attached hydrogens (tertiary/aromatic N) is 2. The molecule has 2 amide bonds. The van der Waals surface area contributed by atoms with Crippen molar-refractivity contribution in [3.8, 4) is 5.75 Å². The summed E-state index contributed by atoms with van der Waals surface area (Å²) in [7, 11) is 1.63. The Hall–Kier alpha value is -3.38. The lowest BCUT2D eigenvalue weighted by molar-refractivity contribution is -0.141. The normalized spacial score (nSPS) is 13.7. The Balaban J connectivity index is 1.56. The maximum Gasteiger partial charge on any atom is 0.249 e. The van der Waals surface area contributed by atoms with E-state index < -0.39 is 6.04 Å². The van der Waals surface area contributed by atoms with Gasteiger partial charge in [-0.05, 0) is 61.6 Å². The van der Waals surface area contributed by atoms with E-state index >= 15 is 0 Å². The summed E-state index contributed by atoms with van der Waals surface area (Å²) in [5.74, 6) is 0.476. The molecule has 7 heteroatoms. The third-order valence-corrected chi connectivity index (χ3v) is 6.57. The van der Waals surface area contributed by atoms with Crippen molar-refractivity contribution in [3.63, 3.8) is 0 Å². The minimum Gasteiger partial charge on any atom is -0.497 e. The van der Waals surface area contributed by atoms with Crippen LogP contribution in [-0.2, 0) is 22.6 Å². The minimum atomic E-state index is -0.814. The van der Waals surface area contributed by atoms with Gasteiger partial charge in [0.15, 0.2) is 6.04 Å². The van der Waals surface area contributed by atoms with Crippen molar-refractivity contribution >= 4 is 23.4 Å². The molecule has 1 N–H and O–H groups in total. The van der Waals surface area contributed by atoms with Crippen molar-refractivity contribution in [2.45, 2.75) is 51.2 Å². The van der Waals surface area contributed by atoms with Crippen LogP contribution in [0.15, 0.2) is 66.7 Å². The number of ether oxygens (including phenoxy) is 1. The van der Waals surface area contributed by atoms with Crippen LogP contribution in [0.3, 0.4) is 0 Å².